The first-order valence-electron chi connectivity index (χ1n) is 10.2. The average Bonchev–Trinajstić information content (AvgIpc) is 2.71. The van der Waals surface area contributed by atoms with Gasteiger partial charge in [-0.3, -0.25) is 24.0 Å². The summed E-state index contributed by atoms with van der Waals surface area (Å²) in [5, 5.41) is 25.1. The fraction of sp³-hybridized carbons (Fsp3) is 0.684. The van der Waals surface area contributed by atoms with E-state index in [1.807, 2.05) is 0 Å². The lowest BCUT2D eigenvalue weighted by Crippen LogP contribution is -2.58. The van der Waals surface area contributed by atoms with Gasteiger partial charge in [0.25, 0.3) is 0 Å². The summed E-state index contributed by atoms with van der Waals surface area (Å²) in [4.78, 5) is 70.8. The quantitative estimate of drug-likeness (QED) is 0.125. The average molecular weight is 492 g/mol. The van der Waals surface area contributed by atoms with Gasteiger partial charge in [-0.25, -0.2) is 4.79 Å². The Bertz CT molecular complexity index is 733. The number of carbonyl (C=O) groups excluding carboxylic acids is 4. The lowest BCUT2D eigenvalue weighted by Gasteiger charge is -2.26. The molecule has 9 N–H and O–H groups in total. The van der Waals surface area contributed by atoms with E-state index in [0.29, 0.717) is 5.75 Å². The molecule has 0 aromatic rings. The Labute approximate surface area is 195 Å². The van der Waals surface area contributed by atoms with E-state index in [1.165, 1.54) is 11.8 Å². The molecule has 4 unspecified atom stereocenters. The summed E-state index contributed by atoms with van der Waals surface area (Å²) in [6.45, 7) is 3.30. The molecule has 4 amide bonds. The van der Waals surface area contributed by atoms with Gasteiger partial charge in [0.1, 0.15) is 18.1 Å². The van der Waals surface area contributed by atoms with Crippen LogP contribution in [-0.2, 0) is 28.8 Å². The van der Waals surface area contributed by atoms with Crippen LogP contribution in [0.3, 0.4) is 0 Å². The third kappa shape index (κ3) is 12.1. The number of hydrogen-bond donors (Lipinski definition) is 7. The maximum absolute atomic E-state index is 12.8. The normalized spacial score (nSPS) is 14.5. The minimum atomic E-state index is -1.56. The molecular formula is C19H33N5O8S. The smallest absolute Gasteiger partial charge is 0.326 e. The number of carbonyl (C=O) groups is 6. The van der Waals surface area contributed by atoms with Crippen LogP contribution in [0.2, 0.25) is 0 Å². The molecule has 0 saturated heterocycles. The Morgan fingerprint density at radius 2 is 1.45 bits per heavy atom. The summed E-state index contributed by atoms with van der Waals surface area (Å²) in [6.07, 6.45) is 0.865. The highest BCUT2D eigenvalue weighted by molar-refractivity contribution is 7.98. The van der Waals surface area contributed by atoms with E-state index in [4.69, 9.17) is 16.6 Å². The van der Waals surface area contributed by atoms with Crippen molar-refractivity contribution < 1.29 is 39.0 Å². The molecule has 0 aliphatic heterocycles. The lowest BCUT2D eigenvalue weighted by molar-refractivity contribution is -0.144. The molecule has 4 atom stereocenters. The summed E-state index contributed by atoms with van der Waals surface area (Å²) < 4.78 is 0. The third-order valence-electron chi connectivity index (χ3n) is 4.52. The molecule has 0 radical (unpaired) electrons. The molecule has 0 aliphatic rings. The molecule has 33 heavy (non-hydrogen) atoms. The summed E-state index contributed by atoms with van der Waals surface area (Å²) in [6, 6.07) is -4.93. The Morgan fingerprint density at radius 1 is 0.879 bits per heavy atom. The molecule has 0 heterocycles. The number of nitrogens with two attached hydrogens (primary N) is 2. The van der Waals surface area contributed by atoms with Gasteiger partial charge in [-0.1, -0.05) is 13.8 Å². The van der Waals surface area contributed by atoms with Gasteiger partial charge in [0.05, 0.1) is 12.5 Å². The lowest BCUT2D eigenvalue weighted by atomic mass is 10.0. The Kier molecular flexibility index (Phi) is 13.7. The number of hydrogen-bond acceptors (Lipinski definition) is 8. The molecule has 0 bridgehead atoms. The Morgan fingerprint density at radius 3 is 1.91 bits per heavy atom. The van der Waals surface area contributed by atoms with Crippen molar-refractivity contribution >= 4 is 47.3 Å². The molecule has 0 fully saturated rings. The first-order chi connectivity index (χ1) is 15.3. The highest BCUT2D eigenvalue weighted by Gasteiger charge is 2.32. The summed E-state index contributed by atoms with van der Waals surface area (Å²) in [5.74, 6) is -5.70. The van der Waals surface area contributed by atoms with Crippen molar-refractivity contribution in [2.45, 2.75) is 63.7 Å². The molecule has 188 valence electrons. The van der Waals surface area contributed by atoms with E-state index in [0.717, 1.165) is 0 Å². The predicted molar refractivity (Wildman–Crippen MR) is 120 cm³/mol. The topological polar surface area (TPSA) is 231 Å². The van der Waals surface area contributed by atoms with Crippen LogP contribution in [0.1, 0.15) is 39.5 Å². The number of rotatable bonds is 16. The highest BCUT2D eigenvalue weighted by Crippen LogP contribution is 2.07. The van der Waals surface area contributed by atoms with Gasteiger partial charge < -0.3 is 37.6 Å². The van der Waals surface area contributed by atoms with Crippen LogP contribution in [-0.4, -0.2) is 82.0 Å². The summed E-state index contributed by atoms with van der Waals surface area (Å²) >= 11 is 1.39. The number of aliphatic carboxylic acids is 2. The van der Waals surface area contributed by atoms with E-state index in [-0.39, 0.29) is 19.3 Å². The van der Waals surface area contributed by atoms with Crippen LogP contribution >= 0.6 is 11.8 Å². The minimum Gasteiger partial charge on any atom is -0.481 e. The van der Waals surface area contributed by atoms with Crippen LogP contribution in [0.25, 0.3) is 0 Å². The molecule has 13 nitrogen and oxygen atoms in total. The maximum atomic E-state index is 12.8. The first-order valence-corrected chi connectivity index (χ1v) is 11.6. The van der Waals surface area contributed by atoms with Crippen LogP contribution < -0.4 is 27.4 Å². The standard InChI is InChI=1S/C19H33N5O8S/c1-9(2)15(24-16(28)10(20)4-5-14(26)27)18(30)22-11(6-7-33-3)17(29)23-12(19(31)32)8-13(21)25/h9-12,15H,4-8,20H2,1-3H3,(H2,21,25)(H,22,30)(H,23,29)(H,24,28)(H,26,27)(H,31,32). The third-order valence-corrected chi connectivity index (χ3v) is 5.16. The fourth-order valence-corrected chi connectivity index (χ4v) is 3.12. The van der Waals surface area contributed by atoms with Crippen molar-refractivity contribution in [2.24, 2.45) is 17.4 Å². The van der Waals surface area contributed by atoms with E-state index in [1.54, 1.807) is 20.1 Å². The number of carboxylic acid groups (broad SMARTS) is 2. The minimum absolute atomic E-state index is 0.122. The van der Waals surface area contributed by atoms with Crippen LogP contribution in [0.5, 0.6) is 0 Å². The van der Waals surface area contributed by atoms with Crippen molar-refractivity contribution in [3.8, 4) is 0 Å². The number of primary amides is 1. The second-order valence-corrected chi connectivity index (χ2v) is 8.67. The molecule has 0 aliphatic carbocycles. The fourth-order valence-electron chi connectivity index (χ4n) is 2.64. The molecule has 0 saturated carbocycles. The van der Waals surface area contributed by atoms with Crippen LogP contribution in [0.4, 0.5) is 0 Å². The van der Waals surface area contributed by atoms with E-state index < -0.39 is 72.1 Å². The second-order valence-electron chi connectivity index (χ2n) is 7.68. The van der Waals surface area contributed by atoms with Crippen molar-refractivity contribution in [3.63, 3.8) is 0 Å². The molecule has 14 heteroatoms. The van der Waals surface area contributed by atoms with Crippen molar-refractivity contribution in [1.82, 2.24) is 16.0 Å². The number of thioether (sulfide) groups is 1. The zero-order chi connectivity index (χ0) is 25.7. The second kappa shape index (κ2) is 15.1. The molecular weight excluding hydrogens is 458 g/mol. The van der Waals surface area contributed by atoms with Crippen molar-refractivity contribution in [2.75, 3.05) is 12.0 Å². The number of carboxylic acids is 2. The van der Waals surface area contributed by atoms with E-state index >= 15 is 0 Å². The Balaban J connectivity index is 5.37. The molecule has 0 spiro atoms. The highest BCUT2D eigenvalue weighted by atomic mass is 32.2. The largest absolute Gasteiger partial charge is 0.481 e. The van der Waals surface area contributed by atoms with Gasteiger partial charge in [0, 0.05) is 6.42 Å². The first kappa shape index (κ1) is 30.1. The molecule has 0 aromatic carbocycles. The SMILES string of the molecule is CSCCC(NC(=O)C(NC(=O)C(N)CCC(=O)O)C(C)C)C(=O)NC(CC(N)=O)C(=O)O. The maximum Gasteiger partial charge on any atom is 0.326 e. The van der Waals surface area contributed by atoms with Gasteiger partial charge >= 0.3 is 11.9 Å². The predicted octanol–water partition coefficient (Wildman–Crippen LogP) is -2.00. The zero-order valence-electron chi connectivity index (χ0n) is 18.8. The van der Waals surface area contributed by atoms with Gasteiger partial charge in [-0.2, -0.15) is 11.8 Å². The van der Waals surface area contributed by atoms with Crippen molar-refractivity contribution in [1.29, 1.82) is 0 Å². The van der Waals surface area contributed by atoms with Crippen molar-refractivity contribution in [3.05, 3.63) is 0 Å². The number of amides is 4. The van der Waals surface area contributed by atoms with Gasteiger partial charge in [-0.15, -0.1) is 0 Å². The summed E-state index contributed by atoms with van der Waals surface area (Å²) in [7, 11) is 0. The Hall–Kier alpha value is -2.87. The number of nitrogens with one attached hydrogen (secondary N) is 3. The van der Waals surface area contributed by atoms with E-state index in [2.05, 4.69) is 16.0 Å². The monoisotopic (exact) mass is 491 g/mol. The molecule has 0 rings (SSSR count). The van der Waals surface area contributed by atoms with Gasteiger partial charge in [0.2, 0.25) is 23.6 Å². The summed E-state index contributed by atoms with van der Waals surface area (Å²) in [5.41, 5.74) is 10.7. The van der Waals surface area contributed by atoms with E-state index in [9.17, 15) is 33.9 Å². The molecule has 0 aromatic heterocycles. The van der Waals surface area contributed by atoms with Gasteiger partial charge in [-0.05, 0) is 30.8 Å². The van der Waals surface area contributed by atoms with Crippen LogP contribution in [0.15, 0.2) is 0 Å². The van der Waals surface area contributed by atoms with Gasteiger partial charge in [0.15, 0.2) is 0 Å². The van der Waals surface area contributed by atoms with Crippen LogP contribution in [0, 0.1) is 5.92 Å². The zero-order valence-corrected chi connectivity index (χ0v) is 19.6.